The van der Waals surface area contributed by atoms with Gasteiger partial charge in [-0.3, -0.25) is 0 Å². The van der Waals surface area contributed by atoms with Gasteiger partial charge in [-0.25, -0.2) is 0 Å². The third kappa shape index (κ3) is 3.45. The number of ether oxygens (including phenoxy) is 2. The van der Waals surface area contributed by atoms with Gasteiger partial charge in [0.1, 0.15) is 5.75 Å². The zero-order valence-electron chi connectivity index (χ0n) is 20.2. The molecule has 4 nitrogen and oxygen atoms in total. The third-order valence-electron chi connectivity index (χ3n) is 10.3. The molecule has 1 aromatic rings. The van der Waals surface area contributed by atoms with Crippen molar-refractivity contribution in [3.8, 4) is 11.8 Å². The summed E-state index contributed by atoms with van der Waals surface area (Å²) in [4.78, 5) is 0. The first-order chi connectivity index (χ1) is 16.0. The first kappa shape index (κ1) is 21.9. The maximum atomic E-state index is 11.1. The molecule has 5 aliphatic rings. The number of phenols is 1. The van der Waals surface area contributed by atoms with E-state index < -0.39 is 5.41 Å². The van der Waals surface area contributed by atoms with Crippen LogP contribution in [0.15, 0.2) is 12.1 Å². The fourth-order valence-corrected chi connectivity index (χ4v) is 8.62. The Kier molecular flexibility index (Phi) is 5.50. The second-order valence-corrected chi connectivity index (χ2v) is 12.0. The van der Waals surface area contributed by atoms with E-state index in [0.717, 1.165) is 69.3 Å². The van der Waals surface area contributed by atoms with Crippen molar-refractivity contribution in [3.63, 3.8) is 0 Å². The van der Waals surface area contributed by atoms with E-state index in [1.54, 1.807) is 0 Å². The van der Waals surface area contributed by atoms with Crippen LogP contribution in [0, 0.1) is 34.5 Å². The van der Waals surface area contributed by atoms with Gasteiger partial charge < -0.3 is 14.6 Å². The van der Waals surface area contributed by atoms with Crippen LogP contribution in [0.3, 0.4) is 0 Å². The summed E-state index contributed by atoms with van der Waals surface area (Å²) in [6, 6.07) is 7.01. The Hall–Kier alpha value is -1.57. The highest BCUT2D eigenvalue weighted by Gasteiger charge is 2.60. The van der Waals surface area contributed by atoms with E-state index in [2.05, 4.69) is 19.1 Å². The highest BCUT2D eigenvalue weighted by atomic mass is 16.5. The number of rotatable bonds is 2. The number of hydrogen-bond acceptors (Lipinski definition) is 4. The Morgan fingerprint density at radius 2 is 1.82 bits per heavy atom. The van der Waals surface area contributed by atoms with E-state index >= 15 is 0 Å². The molecule has 7 atom stereocenters. The molecule has 0 radical (unpaired) electrons. The molecule has 0 bridgehead atoms. The summed E-state index contributed by atoms with van der Waals surface area (Å²) in [5.74, 6) is 1.95. The first-order valence-corrected chi connectivity index (χ1v) is 13.5. The third-order valence-corrected chi connectivity index (χ3v) is 10.3. The molecule has 0 spiro atoms. The average Bonchev–Trinajstić information content (AvgIpc) is 3.22. The van der Waals surface area contributed by atoms with Crippen LogP contribution in [-0.4, -0.2) is 24.4 Å². The van der Waals surface area contributed by atoms with Crippen LogP contribution in [0.5, 0.6) is 5.75 Å². The molecule has 3 unspecified atom stereocenters. The van der Waals surface area contributed by atoms with Gasteiger partial charge in [0.15, 0.2) is 0 Å². The van der Waals surface area contributed by atoms with Crippen molar-refractivity contribution >= 4 is 0 Å². The monoisotopic (exact) mass is 449 g/mol. The zero-order chi connectivity index (χ0) is 22.6. The highest BCUT2D eigenvalue weighted by Crippen LogP contribution is 2.65. The average molecular weight is 450 g/mol. The molecule has 6 rings (SSSR count). The van der Waals surface area contributed by atoms with Crippen LogP contribution in [0.2, 0.25) is 0 Å². The summed E-state index contributed by atoms with van der Waals surface area (Å²) in [5.41, 5.74) is 3.22. The smallest absolute Gasteiger partial charge is 0.121 e. The lowest BCUT2D eigenvalue weighted by atomic mass is 9.49. The Bertz CT molecular complexity index is 941. The van der Waals surface area contributed by atoms with E-state index in [4.69, 9.17) is 9.47 Å². The zero-order valence-corrected chi connectivity index (χ0v) is 20.2. The van der Waals surface area contributed by atoms with Gasteiger partial charge in [0, 0.05) is 18.8 Å². The van der Waals surface area contributed by atoms with E-state index in [0.29, 0.717) is 35.0 Å². The van der Waals surface area contributed by atoms with Crippen molar-refractivity contribution < 1.29 is 14.6 Å². The number of benzene rings is 1. The van der Waals surface area contributed by atoms with Crippen LogP contribution < -0.4 is 0 Å². The van der Waals surface area contributed by atoms with Gasteiger partial charge >= 0.3 is 0 Å². The molecule has 4 fully saturated rings. The molecule has 1 N–H and O–H groups in total. The molecule has 0 amide bonds. The van der Waals surface area contributed by atoms with Crippen molar-refractivity contribution in [2.24, 2.45) is 23.2 Å². The van der Waals surface area contributed by atoms with Crippen LogP contribution in [0.1, 0.15) is 100 Å². The normalized spacial score (nSPS) is 42.6. The quantitative estimate of drug-likeness (QED) is 0.571. The lowest BCUT2D eigenvalue weighted by molar-refractivity contribution is -0.0220. The van der Waals surface area contributed by atoms with Gasteiger partial charge in [-0.1, -0.05) is 6.92 Å². The minimum atomic E-state index is -0.455. The minimum absolute atomic E-state index is 0.000500. The highest BCUT2D eigenvalue weighted by molar-refractivity contribution is 5.51. The molecule has 2 saturated carbocycles. The van der Waals surface area contributed by atoms with Gasteiger partial charge in [0.25, 0.3) is 0 Å². The number of nitrogens with zero attached hydrogens (tertiary/aromatic N) is 1. The van der Waals surface area contributed by atoms with Crippen LogP contribution in [0.25, 0.3) is 0 Å². The molecular formula is C29H39NO3. The summed E-state index contributed by atoms with van der Waals surface area (Å²) in [6.45, 7) is 4.20. The topological polar surface area (TPSA) is 62.5 Å². The number of fused-ring (bicyclic) bond motifs is 5. The summed E-state index contributed by atoms with van der Waals surface area (Å²) in [6.07, 6.45) is 14.0. The Balaban J connectivity index is 1.32. The van der Waals surface area contributed by atoms with E-state index in [1.165, 1.54) is 37.7 Å². The molecule has 2 aliphatic heterocycles. The predicted molar refractivity (Wildman–Crippen MR) is 127 cm³/mol. The second-order valence-electron chi connectivity index (χ2n) is 12.0. The number of hydrogen-bond donors (Lipinski definition) is 1. The standard InChI is InChI=1S/C29H39NO3/c1-28-10-11-29(18-30)22(24(28)15-20(17-28)26-6-2-4-12-32-26)9-8-19-14-21(25(31)16-23(19)29)27-7-3-5-13-33-27/h14,16,20,22,24,26-27,31H,2-13,15,17H2,1H3/t20-,22-,24-,26?,27?,28+,29?/m0/s1. The number of aryl methyl sites for hydroxylation is 1. The van der Waals surface area contributed by atoms with Crippen LogP contribution in [0.4, 0.5) is 0 Å². The summed E-state index contributed by atoms with van der Waals surface area (Å²) in [5, 5.41) is 21.7. The van der Waals surface area contributed by atoms with Gasteiger partial charge in [-0.2, -0.15) is 5.26 Å². The number of phenolic OH excluding ortho intramolecular Hbond substituents is 1. The second kappa shape index (κ2) is 8.28. The Morgan fingerprint density at radius 1 is 1.00 bits per heavy atom. The molecule has 2 heterocycles. The van der Waals surface area contributed by atoms with Crippen molar-refractivity contribution in [2.45, 2.75) is 102 Å². The molecule has 0 aromatic heterocycles. The van der Waals surface area contributed by atoms with E-state index in [9.17, 15) is 10.4 Å². The van der Waals surface area contributed by atoms with Crippen LogP contribution >= 0.6 is 0 Å². The summed E-state index contributed by atoms with van der Waals surface area (Å²) in [7, 11) is 0. The van der Waals surface area contributed by atoms with Crippen molar-refractivity contribution in [3.05, 3.63) is 28.8 Å². The van der Waals surface area contributed by atoms with Gasteiger partial charge in [-0.05, 0) is 123 Å². The number of nitriles is 1. The molecule has 3 aliphatic carbocycles. The van der Waals surface area contributed by atoms with Gasteiger partial charge in [0.2, 0.25) is 0 Å². The number of aromatic hydroxyl groups is 1. The fourth-order valence-electron chi connectivity index (χ4n) is 8.62. The summed E-state index contributed by atoms with van der Waals surface area (Å²) >= 11 is 0. The van der Waals surface area contributed by atoms with Crippen LogP contribution in [-0.2, 0) is 21.3 Å². The molecule has 33 heavy (non-hydrogen) atoms. The maximum absolute atomic E-state index is 11.1. The fraction of sp³-hybridized carbons (Fsp3) is 0.759. The first-order valence-electron chi connectivity index (χ1n) is 13.5. The Labute approximate surface area is 198 Å². The minimum Gasteiger partial charge on any atom is -0.508 e. The van der Waals surface area contributed by atoms with Gasteiger partial charge in [0.05, 0.1) is 23.7 Å². The lowest BCUT2D eigenvalue weighted by Gasteiger charge is -2.53. The maximum Gasteiger partial charge on any atom is 0.121 e. The largest absolute Gasteiger partial charge is 0.508 e. The molecule has 1 aromatic carbocycles. The van der Waals surface area contributed by atoms with E-state index in [1.807, 2.05) is 6.07 Å². The van der Waals surface area contributed by atoms with Gasteiger partial charge in [-0.15, -0.1) is 0 Å². The molecule has 4 heteroatoms. The molecular weight excluding hydrogens is 410 g/mol. The van der Waals surface area contributed by atoms with Crippen molar-refractivity contribution in [1.82, 2.24) is 0 Å². The molecule has 178 valence electrons. The lowest BCUT2D eigenvalue weighted by Crippen LogP contribution is -2.50. The summed E-state index contributed by atoms with van der Waals surface area (Å²) < 4.78 is 12.2. The SMILES string of the molecule is C[C@]12CCC3(C#N)c4cc(O)c(C5CCCCO5)cc4CC[C@H]3[C@@H]1C[C@H](C1CCCCO1)C2. The Morgan fingerprint density at radius 3 is 2.55 bits per heavy atom. The van der Waals surface area contributed by atoms with Crippen molar-refractivity contribution in [1.29, 1.82) is 5.26 Å². The van der Waals surface area contributed by atoms with Crippen molar-refractivity contribution in [2.75, 3.05) is 13.2 Å². The van der Waals surface area contributed by atoms with E-state index in [-0.39, 0.29) is 6.10 Å². The predicted octanol–water partition coefficient (Wildman–Crippen LogP) is 6.35. The molecule has 2 saturated heterocycles.